The van der Waals surface area contributed by atoms with Crippen molar-refractivity contribution in [3.8, 4) is 22.6 Å². The summed E-state index contributed by atoms with van der Waals surface area (Å²) in [6.45, 7) is 0. The van der Waals surface area contributed by atoms with Crippen molar-refractivity contribution in [1.29, 1.82) is 0 Å². The SMILES string of the molecule is COc1ccc(C2(c3ccc(OC)c(F)c3)c3cc(Br)ccc3-c3ccc(Br)cc32)cc1F. The second-order valence-electron chi connectivity index (χ2n) is 7.83. The molecular formula is C27H18Br2F2O2. The van der Waals surface area contributed by atoms with Crippen LogP contribution in [-0.4, -0.2) is 14.2 Å². The summed E-state index contributed by atoms with van der Waals surface area (Å²) in [7, 11) is 2.86. The summed E-state index contributed by atoms with van der Waals surface area (Å²) in [6, 6.07) is 21.9. The first kappa shape index (κ1) is 22.1. The maximum Gasteiger partial charge on any atom is 0.165 e. The van der Waals surface area contributed by atoms with Crippen LogP contribution in [0.25, 0.3) is 11.1 Å². The van der Waals surface area contributed by atoms with E-state index in [0.29, 0.717) is 11.1 Å². The van der Waals surface area contributed by atoms with Gasteiger partial charge in [-0.05, 0) is 81.9 Å². The van der Waals surface area contributed by atoms with Crippen LogP contribution in [0.1, 0.15) is 22.3 Å². The van der Waals surface area contributed by atoms with Gasteiger partial charge in [0.1, 0.15) is 0 Å². The van der Waals surface area contributed by atoms with Crippen molar-refractivity contribution in [2.75, 3.05) is 14.2 Å². The van der Waals surface area contributed by atoms with Crippen molar-refractivity contribution in [3.63, 3.8) is 0 Å². The van der Waals surface area contributed by atoms with Crippen LogP contribution in [0.2, 0.25) is 0 Å². The Kier molecular flexibility index (Phi) is 5.53. The van der Waals surface area contributed by atoms with E-state index < -0.39 is 17.0 Å². The van der Waals surface area contributed by atoms with Gasteiger partial charge in [-0.15, -0.1) is 0 Å². The molecule has 166 valence electrons. The smallest absolute Gasteiger partial charge is 0.165 e. The van der Waals surface area contributed by atoms with Crippen LogP contribution in [0.15, 0.2) is 81.7 Å². The molecule has 6 heteroatoms. The molecule has 5 rings (SSSR count). The van der Waals surface area contributed by atoms with Crippen LogP contribution in [0, 0.1) is 11.6 Å². The van der Waals surface area contributed by atoms with Crippen molar-refractivity contribution in [1.82, 2.24) is 0 Å². The Balaban J connectivity index is 1.96. The third-order valence-corrected chi connectivity index (χ3v) is 7.22. The van der Waals surface area contributed by atoms with E-state index in [1.165, 1.54) is 26.4 Å². The van der Waals surface area contributed by atoms with Gasteiger partial charge in [0.05, 0.1) is 19.6 Å². The van der Waals surface area contributed by atoms with Gasteiger partial charge in [-0.2, -0.15) is 0 Å². The molecule has 0 saturated carbocycles. The fraction of sp³-hybridized carbons (Fsp3) is 0.111. The highest BCUT2D eigenvalue weighted by Crippen LogP contribution is 2.57. The van der Waals surface area contributed by atoms with Crippen LogP contribution in [-0.2, 0) is 5.41 Å². The molecule has 33 heavy (non-hydrogen) atoms. The van der Waals surface area contributed by atoms with E-state index in [0.717, 1.165) is 31.2 Å². The molecule has 1 aliphatic carbocycles. The molecule has 2 nitrogen and oxygen atoms in total. The molecule has 1 aliphatic rings. The standard InChI is InChI=1S/C27H18Br2F2O2/c1-32-25-9-3-15(11-23(25)30)27(16-4-10-26(33-2)24(31)12-16)21-13-17(28)5-7-19(21)20-8-6-18(29)14-22(20)27/h3-14H,1-2H3. The Morgan fingerprint density at radius 1 is 0.606 bits per heavy atom. The molecule has 0 saturated heterocycles. The molecule has 0 radical (unpaired) electrons. The molecule has 4 aromatic rings. The Morgan fingerprint density at radius 2 is 1.03 bits per heavy atom. The molecule has 0 fully saturated rings. The normalized spacial score (nSPS) is 13.4. The second-order valence-corrected chi connectivity index (χ2v) is 9.66. The minimum atomic E-state index is -0.960. The molecule has 4 aromatic carbocycles. The highest BCUT2D eigenvalue weighted by atomic mass is 79.9. The highest BCUT2D eigenvalue weighted by Gasteiger charge is 2.47. The number of fused-ring (bicyclic) bond motifs is 3. The first-order valence-electron chi connectivity index (χ1n) is 10.2. The lowest BCUT2D eigenvalue weighted by Crippen LogP contribution is -2.29. The molecule has 0 aliphatic heterocycles. The zero-order valence-corrected chi connectivity index (χ0v) is 20.9. The Labute approximate surface area is 207 Å². The zero-order valence-electron chi connectivity index (χ0n) is 17.8. The Hall–Kier alpha value is -2.70. The summed E-state index contributed by atoms with van der Waals surface area (Å²) in [5, 5.41) is 0. The molecule has 0 atom stereocenters. The van der Waals surface area contributed by atoms with Crippen LogP contribution in [0.4, 0.5) is 8.78 Å². The van der Waals surface area contributed by atoms with Gasteiger partial charge in [0, 0.05) is 8.95 Å². The fourth-order valence-corrected chi connectivity index (χ4v) is 5.58. The number of ether oxygens (including phenoxy) is 2. The molecule has 0 amide bonds. The number of halogens is 4. The number of rotatable bonds is 4. The molecular weight excluding hydrogens is 554 g/mol. The van der Waals surface area contributed by atoms with E-state index in [1.54, 1.807) is 12.1 Å². The quantitative estimate of drug-likeness (QED) is 0.218. The first-order chi connectivity index (χ1) is 15.9. The first-order valence-corrected chi connectivity index (χ1v) is 11.8. The van der Waals surface area contributed by atoms with E-state index in [9.17, 15) is 0 Å². The minimum absolute atomic E-state index is 0.150. The van der Waals surface area contributed by atoms with Gasteiger partial charge in [-0.25, -0.2) is 8.78 Å². The Bertz CT molecular complexity index is 1290. The van der Waals surface area contributed by atoms with Gasteiger partial charge in [-0.1, -0.05) is 56.1 Å². The van der Waals surface area contributed by atoms with E-state index in [2.05, 4.69) is 31.9 Å². The summed E-state index contributed by atoms with van der Waals surface area (Å²) < 4.78 is 42.2. The van der Waals surface area contributed by atoms with Gasteiger partial charge >= 0.3 is 0 Å². The van der Waals surface area contributed by atoms with Gasteiger partial charge in [0.15, 0.2) is 23.1 Å². The zero-order chi connectivity index (χ0) is 23.3. The van der Waals surface area contributed by atoms with Crippen molar-refractivity contribution >= 4 is 31.9 Å². The van der Waals surface area contributed by atoms with E-state index in [-0.39, 0.29) is 11.5 Å². The van der Waals surface area contributed by atoms with Crippen LogP contribution in [0.3, 0.4) is 0 Å². The fourth-order valence-electron chi connectivity index (χ4n) is 4.86. The maximum atomic E-state index is 15.1. The summed E-state index contributed by atoms with van der Waals surface area (Å²) in [5.74, 6) is -0.666. The van der Waals surface area contributed by atoms with E-state index in [4.69, 9.17) is 9.47 Å². The van der Waals surface area contributed by atoms with E-state index >= 15 is 8.78 Å². The maximum absolute atomic E-state index is 15.1. The van der Waals surface area contributed by atoms with Crippen LogP contribution >= 0.6 is 31.9 Å². The Morgan fingerprint density at radius 3 is 1.39 bits per heavy atom. The summed E-state index contributed by atoms with van der Waals surface area (Å²) in [5.41, 5.74) is 4.25. The average Bonchev–Trinajstić information content (AvgIpc) is 3.08. The number of hydrogen-bond acceptors (Lipinski definition) is 2. The van der Waals surface area contributed by atoms with Gasteiger partial charge in [-0.3, -0.25) is 0 Å². The lowest BCUT2D eigenvalue weighted by atomic mass is 9.67. The van der Waals surface area contributed by atoms with Crippen molar-refractivity contribution in [3.05, 3.63) is 116 Å². The topological polar surface area (TPSA) is 18.5 Å². The van der Waals surface area contributed by atoms with Crippen molar-refractivity contribution < 1.29 is 18.3 Å². The molecule has 0 spiro atoms. The third kappa shape index (κ3) is 3.30. The molecule has 0 heterocycles. The summed E-state index contributed by atoms with van der Waals surface area (Å²) in [4.78, 5) is 0. The lowest BCUT2D eigenvalue weighted by molar-refractivity contribution is 0.385. The van der Waals surface area contributed by atoms with E-state index in [1.807, 2.05) is 48.5 Å². The molecule has 0 unspecified atom stereocenters. The van der Waals surface area contributed by atoms with Gasteiger partial charge < -0.3 is 9.47 Å². The minimum Gasteiger partial charge on any atom is -0.494 e. The molecule has 0 aromatic heterocycles. The highest BCUT2D eigenvalue weighted by molar-refractivity contribution is 9.10. The largest absolute Gasteiger partial charge is 0.494 e. The molecule has 0 N–H and O–H groups in total. The monoisotopic (exact) mass is 570 g/mol. The van der Waals surface area contributed by atoms with Crippen molar-refractivity contribution in [2.24, 2.45) is 0 Å². The van der Waals surface area contributed by atoms with Crippen molar-refractivity contribution in [2.45, 2.75) is 5.41 Å². The molecule has 0 bridgehead atoms. The lowest BCUT2D eigenvalue weighted by Gasteiger charge is -2.34. The number of hydrogen-bond donors (Lipinski definition) is 0. The predicted molar refractivity (Wildman–Crippen MR) is 132 cm³/mol. The summed E-state index contributed by atoms with van der Waals surface area (Å²) >= 11 is 7.20. The predicted octanol–water partition coefficient (Wildman–Crippen LogP) is 7.87. The summed E-state index contributed by atoms with van der Waals surface area (Å²) in [6.07, 6.45) is 0. The average molecular weight is 572 g/mol. The van der Waals surface area contributed by atoms with Gasteiger partial charge in [0.2, 0.25) is 0 Å². The second kappa shape index (κ2) is 8.26. The number of benzene rings is 4. The van der Waals surface area contributed by atoms with Crippen LogP contribution in [0.5, 0.6) is 11.5 Å². The number of methoxy groups -OCH3 is 2. The van der Waals surface area contributed by atoms with Crippen LogP contribution < -0.4 is 9.47 Å². The van der Waals surface area contributed by atoms with Gasteiger partial charge in [0.25, 0.3) is 0 Å². The third-order valence-electron chi connectivity index (χ3n) is 6.23.